The molecule has 1 aromatic rings. The zero-order valence-electron chi connectivity index (χ0n) is 12.1. The first-order valence-electron chi connectivity index (χ1n) is 6.97. The van der Waals surface area contributed by atoms with Crippen molar-refractivity contribution in [2.24, 2.45) is 0 Å². The van der Waals surface area contributed by atoms with Gasteiger partial charge in [-0.3, -0.25) is 9.58 Å². The zero-order valence-corrected chi connectivity index (χ0v) is 12.9. The molecule has 0 amide bonds. The molecule has 1 N–H and O–H groups in total. The molecule has 0 aromatic carbocycles. The predicted octanol–water partition coefficient (Wildman–Crippen LogP) is -0.0187. The summed E-state index contributed by atoms with van der Waals surface area (Å²) in [7, 11) is -2.95. The van der Waals surface area contributed by atoms with E-state index in [1.165, 1.54) is 0 Å². The van der Waals surface area contributed by atoms with Gasteiger partial charge in [0.15, 0.2) is 9.84 Å². The van der Waals surface area contributed by atoms with E-state index in [-0.39, 0.29) is 24.2 Å². The van der Waals surface area contributed by atoms with Gasteiger partial charge in [-0.2, -0.15) is 5.10 Å². The number of aliphatic hydroxyl groups is 1. The van der Waals surface area contributed by atoms with E-state index < -0.39 is 9.84 Å². The molecule has 0 bridgehead atoms. The highest BCUT2D eigenvalue weighted by atomic mass is 32.2. The highest BCUT2D eigenvalue weighted by molar-refractivity contribution is 7.91. The Morgan fingerprint density at radius 3 is 2.75 bits per heavy atom. The maximum absolute atomic E-state index is 11.7. The summed E-state index contributed by atoms with van der Waals surface area (Å²) in [5.41, 5.74) is 2.11. The maximum atomic E-state index is 11.7. The molecule has 0 spiro atoms. The average Bonchev–Trinajstić information content (AvgIpc) is 2.66. The number of aliphatic hydroxyl groups excluding tert-OH is 1. The summed E-state index contributed by atoms with van der Waals surface area (Å²) in [4.78, 5) is 2.16. The summed E-state index contributed by atoms with van der Waals surface area (Å²) in [5.74, 6) is 0.372. The molecule has 1 aliphatic heterocycles. The van der Waals surface area contributed by atoms with E-state index >= 15 is 0 Å². The lowest BCUT2D eigenvalue weighted by atomic mass is 10.2. The smallest absolute Gasteiger partial charge is 0.153 e. The van der Waals surface area contributed by atoms with Crippen LogP contribution >= 0.6 is 0 Å². The summed E-state index contributed by atoms with van der Waals surface area (Å²) in [6.07, 6.45) is 0.510. The topological polar surface area (TPSA) is 75.4 Å². The van der Waals surface area contributed by atoms with Crippen molar-refractivity contribution in [2.75, 3.05) is 31.2 Å². The fourth-order valence-corrected chi connectivity index (χ4v) is 4.40. The van der Waals surface area contributed by atoms with Crippen molar-refractivity contribution < 1.29 is 13.5 Å². The molecule has 114 valence electrons. The fourth-order valence-electron chi connectivity index (χ4n) is 2.75. The van der Waals surface area contributed by atoms with E-state index in [0.717, 1.165) is 24.5 Å². The molecule has 2 heterocycles. The summed E-state index contributed by atoms with van der Waals surface area (Å²) in [5, 5.41) is 13.5. The average molecular weight is 301 g/mol. The van der Waals surface area contributed by atoms with Gasteiger partial charge in [-0.05, 0) is 26.3 Å². The minimum absolute atomic E-state index is 0.0244. The molecular weight excluding hydrogens is 278 g/mol. The lowest BCUT2D eigenvalue weighted by Crippen LogP contribution is -2.49. The molecule has 1 saturated heterocycles. The van der Waals surface area contributed by atoms with Crippen molar-refractivity contribution in [2.45, 2.75) is 32.9 Å². The molecule has 1 aromatic heterocycles. The minimum atomic E-state index is -2.95. The molecule has 0 saturated carbocycles. The lowest BCUT2D eigenvalue weighted by molar-refractivity contribution is 0.163. The number of nitrogens with zero attached hydrogens (tertiary/aromatic N) is 3. The third-order valence-electron chi connectivity index (χ3n) is 3.82. The number of aryl methyl sites for hydroxylation is 2. The van der Waals surface area contributed by atoms with E-state index in [4.69, 9.17) is 5.11 Å². The second-order valence-corrected chi connectivity index (χ2v) is 7.70. The van der Waals surface area contributed by atoms with E-state index in [9.17, 15) is 8.42 Å². The molecule has 2 rings (SSSR count). The fraction of sp³-hybridized carbons (Fsp3) is 0.769. The molecule has 7 heteroatoms. The van der Waals surface area contributed by atoms with Crippen LogP contribution in [0.1, 0.15) is 17.8 Å². The first kappa shape index (κ1) is 15.5. The molecule has 0 aliphatic carbocycles. The Bertz CT molecular complexity index is 553. The van der Waals surface area contributed by atoms with Crippen LogP contribution in [0.15, 0.2) is 6.07 Å². The van der Waals surface area contributed by atoms with Gasteiger partial charge in [0.1, 0.15) is 0 Å². The van der Waals surface area contributed by atoms with Crippen LogP contribution in [-0.2, 0) is 16.4 Å². The van der Waals surface area contributed by atoms with Crippen molar-refractivity contribution in [3.8, 4) is 0 Å². The quantitative estimate of drug-likeness (QED) is 0.827. The Morgan fingerprint density at radius 1 is 1.40 bits per heavy atom. The highest BCUT2D eigenvalue weighted by Crippen LogP contribution is 2.15. The van der Waals surface area contributed by atoms with Gasteiger partial charge in [-0.15, -0.1) is 0 Å². The summed E-state index contributed by atoms with van der Waals surface area (Å²) in [6, 6.07) is 1.96. The minimum Gasteiger partial charge on any atom is -0.396 e. The van der Waals surface area contributed by atoms with Crippen LogP contribution in [0.25, 0.3) is 0 Å². The molecule has 6 nitrogen and oxygen atoms in total. The van der Waals surface area contributed by atoms with Gasteiger partial charge in [0.2, 0.25) is 0 Å². The van der Waals surface area contributed by atoms with E-state index in [1.54, 1.807) is 0 Å². The Hall–Kier alpha value is -0.920. The van der Waals surface area contributed by atoms with E-state index in [1.807, 2.05) is 24.6 Å². The number of sulfone groups is 1. The number of hydrogen-bond acceptors (Lipinski definition) is 5. The van der Waals surface area contributed by atoms with Crippen molar-refractivity contribution in [3.63, 3.8) is 0 Å². The zero-order chi connectivity index (χ0) is 14.8. The van der Waals surface area contributed by atoms with Crippen molar-refractivity contribution in [1.29, 1.82) is 0 Å². The standard InChI is InChI=1S/C13H23N3O3S/c1-11-9-12(2)16(14-11)5-4-15-6-8-20(18,19)10-13(15)3-7-17/h9,13,17H,3-8,10H2,1-2H3. The maximum Gasteiger partial charge on any atom is 0.153 e. The summed E-state index contributed by atoms with van der Waals surface area (Å²) < 4.78 is 25.3. The lowest BCUT2D eigenvalue weighted by Gasteiger charge is -2.35. The first-order valence-corrected chi connectivity index (χ1v) is 8.80. The predicted molar refractivity (Wildman–Crippen MR) is 77.4 cm³/mol. The van der Waals surface area contributed by atoms with Crippen molar-refractivity contribution in [3.05, 3.63) is 17.5 Å². The van der Waals surface area contributed by atoms with Crippen molar-refractivity contribution in [1.82, 2.24) is 14.7 Å². The van der Waals surface area contributed by atoms with Gasteiger partial charge in [-0.25, -0.2) is 8.42 Å². The number of hydrogen-bond donors (Lipinski definition) is 1. The van der Waals surface area contributed by atoms with Crippen LogP contribution in [0.5, 0.6) is 0 Å². The van der Waals surface area contributed by atoms with Gasteiger partial charge in [0, 0.05) is 31.4 Å². The van der Waals surface area contributed by atoms with Gasteiger partial charge in [-0.1, -0.05) is 0 Å². The van der Waals surface area contributed by atoms with Gasteiger partial charge in [0.25, 0.3) is 0 Å². The third-order valence-corrected chi connectivity index (χ3v) is 5.51. The molecule has 1 fully saturated rings. The van der Waals surface area contributed by atoms with Gasteiger partial charge in [0.05, 0.1) is 23.7 Å². The molecule has 1 atom stereocenters. The Kier molecular flexibility index (Phi) is 4.82. The molecule has 1 aliphatic rings. The van der Waals surface area contributed by atoms with E-state index in [0.29, 0.717) is 13.0 Å². The largest absolute Gasteiger partial charge is 0.396 e. The molecule has 0 radical (unpaired) electrons. The summed E-state index contributed by atoms with van der Waals surface area (Å²) in [6.45, 7) is 6.07. The second-order valence-electron chi connectivity index (χ2n) is 5.47. The van der Waals surface area contributed by atoms with Crippen LogP contribution in [0.4, 0.5) is 0 Å². The molecule has 20 heavy (non-hydrogen) atoms. The SMILES string of the molecule is Cc1cc(C)n(CCN2CCS(=O)(=O)CC2CCO)n1. The Morgan fingerprint density at radius 2 is 2.15 bits per heavy atom. The normalized spacial score (nSPS) is 23.1. The molecule has 1 unspecified atom stereocenters. The van der Waals surface area contributed by atoms with Crippen LogP contribution in [-0.4, -0.2) is 65.4 Å². The van der Waals surface area contributed by atoms with Crippen LogP contribution < -0.4 is 0 Å². The summed E-state index contributed by atoms with van der Waals surface area (Å²) >= 11 is 0. The van der Waals surface area contributed by atoms with Crippen LogP contribution in [0.3, 0.4) is 0 Å². The van der Waals surface area contributed by atoms with Crippen LogP contribution in [0, 0.1) is 13.8 Å². The van der Waals surface area contributed by atoms with Gasteiger partial charge >= 0.3 is 0 Å². The Balaban J connectivity index is 1.98. The first-order chi connectivity index (χ1) is 9.41. The monoisotopic (exact) mass is 301 g/mol. The third kappa shape index (κ3) is 3.80. The number of aromatic nitrogens is 2. The van der Waals surface area contributed by atoms with Gasteiger partial charge < -0.3 is 5.11 Å². The van der Waals surface area contributed by atoms with E-state index in [2.05, 4.69) is 10.00 Å². The van der Waals surface area contributed by atoms with Crippen molar-refractivity contribution >= 4 is 9.84 Å². The molecular formula is C13H23N3O3S. The number of rotatable bonds is 5. The highest BCUT2D eigenvalue weighted by Gasteiger charge is 2.30. The second kappa shape index (κ2) is 6.24. The van der Waals surface area contributed by atoms with Crippen LogP contribution in [0.2, 0.25) is 0 Å². The Labute approximate surface area is 120 Å².